The Bertz CT molecular complexity index is 764. The topological polar surface area (TPSA) is 69.2 Å². The van der Waals surface area contributed by atoms with Gasteiger partial charge in [-0.2, -0.15) is 5.10 Å². The third kappa shape index (κ3) is 5.70. The number of amides is 1. The number of ether oxygens (including phenoxy) is 3. The summed E-state index contributed by atoms with van der Waals surface area (Å²) in [5.41, 5.74) is 3.42. The highest BCUT2D eigenvalue weighted by Crippen LogP contribution is 2.39. The van der Waals surface area contributed by atoms with Gasteiger partial charge in [0.05, 0.1) is 26.0 Å². The molecule has 0 spiro atoms. The molecule has 2 aromatic carbocycles. The van der Waals surface area contributed by atoms with Crippen molar-refractivity contribution in [2.75, 3.05) is 19.8 Å². The summed E-state index contributed by atoms with van der Waals surface area (Å²) in [6.07, 6.45) is 1.43. The van der Waals surface area contributed by atoms with Crippen molar-refractivity contribution in [3.05, 3.63) is 53.3 Å². The molecule has 0 atom stereocenters. The van der Waals surface area contributed by atoms with Crippen LogP contribution in [0.15, 0.2) is 41.5 Å². The summed E-state index contributed by atoms with van der Waals surface area (Å²) in [4.78, 5) is 12.4. The van der Waals surface area contributed by atoms with Crippen LogP contribution in [0.2, 0.25) is 0 Å². The first-order valence-corrected chi connectivity index (χ1v) is 8.74. The van der Waals surface area contributed by atoms with Crippen LogP contribution in [0.25, 0.3) is 0 Å². The molecule has 0 aliphatic rings. The van der Waals surface area contributed by atoms with Crippen LogP contribution >= 0.6 is 0 Å². The van der Waals surface area contributed by atoms with Crippen molar-refractivity contribution in [3.63, 3.8) is 0 Å². The maximum atomic E-state index is 12.9. The van der Waals surface area contributed by atoms with Gasteiger partial charge < -0.3 is 14.2 Å². The van der Waals surface area contributed by atoms with Gasteiger partial charge in [-0.25, -0.2) is 9.82 Å². The van der Waals surface area contributed by atoms with Crippen LogP contribution in [0.1, 0.15) is 36.7 Å². The molecule has 0 unspecified atom stereocenters. The molecule has 7 heteroatoms. The van der Waals surface area contributed by atoms with Gasteiger partial charge in [-0.15, -0.1) is 0 Å². The van der Waals surface area contributed by atoms with Crippen LogP contribution in [-0.4, -0.2) is 31.9 Å². The molecular formula is C20H23FN2O4. The Kier molecular flexibility index (Phi) is 7.61. The first-order valence-electron chi connectivity index (χ1n) is 8.74. The Labute approximate surface area is 157 Å². The van der Waals surface area contributed by atoms with Crippen molar-refractivity contribution in [1.82, 2.24) is 5.43 Å². The first kappa shape index (κ1) is 20.2. The van der Waals surface area contributed by atoms with Gasteiger partial charge in [0.1, 0.15) is 5.82 Å². The molecule has 0 radical (unpaired) electrons. The zero-order chi connectivity index (χ0) is 19.6. The van der Waals surface area contributed by atoms with Crippen molar-refractivity contribution in [1.29, 1.82) is 0 Å². The van der Waals surface area contributed by atoms with Crippen molar-refractivity contribution in [2.45, 2.75) is 20.8 Å². The van der Waals surface area contributed by atoms with Gasteiger partial charge in [0.2, 0.25) is 5.75 Å². The molecule has 0 saturated carbocycles. The van der Waals surface area contributed by atoms with E-state index in [0.717, 1.165) is 0 Å². The molecule has 144 valence electrons. The fraction of sp³-hybridized carbons (Fsp3) is 0.300. The van der Waals surface area contributed by atoms with E-state index in [-0.39, 0.29) is 5.82 Å². The smallest absolute Gasteiger partial charge is 0.271 e. The number of hydrogen-bond acceptors (Lipinski definition) is 5. The number of hydrogen-bond donors (Lipinski definition) is 1. The molecule has 0 aliphatic heterocycles. The van der Waals surface area contributed by atoms with E-state index in [4.69, 9.17) is 14.2 Å². The van der Waals surface area contributed by atoms with E-state index in [1.54, 1.807) is 24.3 Å². The van der Waals surface area contributed by atoms with Gasteiger partial charge in [-0.3, -0.25) is 4.79 Å². The third-order valence-corrected chi connectivity index (χ3v) is 3.42. The quantitative estimate of drug-likeness (QED) is 0.536. The number of halogens is 1. The second kappa shape index (κ2) is 10.2. The lowest BCUT2D eigenvalue weighted by Gasteiger charge is -2.16. The maximum Gasteiger partial charge on any atom is 0.271 e. The molecule has 0 aliphatic carbocycles. The van der Waals surface area contributed by atoms with E-state index in [0.29, 0.717) is 48.2 Å². The van der Waals surface area contributed by atoms with Gasteiger partial charge in [-0.1, -0.05) is 12.1 Å². The fourth-order valence-corrected chi connectivity index (χ4v) is 2.30. The van der Waals surface area contributed by atoms with Crippen LogP contribution in [0.4, 0.5) is 4.39 Å². The Balaban J connectivity index is 2.21. The predicted molar refractivity (Wildman–Crippen MR) is 101 cm³/mol. The van der Waals surface area contributed by atoms with Gasteiger partial charge in [0, 0.05) is 5.56 Å². The van der Waals surface area contributed by atoms with Crippen LogP contribution < -0.4 is 19.6 Å². The van der Waals surface area contributed by atoms with Crippen LogP contribution in [-0.2, 0) is 0 Å². The SMILES string of the molecule is CCOc1cc(C(=O)N/N=C/c2ccc(F)cc2)cc(OCC)c1OCC. The highest BCUT2D eigenvalue weighted by molar-refractivity contribution is 5.96. The molecule has 0 aromatic heterocycles. The fourth-order valence-electron chi connectivity index (χ4n) is 2.30. The average molecular weight is 374 g/mol. The number of nitrogens with zero attached hydrogens (tertiary/aromatic N) is 1. The summed E-state index contributed by atoms with van der Waals surface area (Å²) in [5, 5.41) is 3.90. The summed E-state index contributed by atoms with van der Waals surface area (Å²) in [7, 11) is 0. The zero-order valence-corrected chi connectivity index (χ0v) is 15.6. The van der Waals surface area contributed by atoms with Gasteiger partial charge >= 0.3 is 0 Å². The van der Waals surface area contributed by atoms with Gasteiger partial charge in [0.25, 0.3) is 5.91 Å². The molecule has 6 nitrogen and oxygen atoms in total. The van der Waals surface area contributed by atoms with E-state index in [9.17, 15) is 9.18 Å². The van der Waals surface area contributed by atoms with Crippen molar-refractivity contribution >= 4 is 12.1 Å². The average Bonchev–Trinajstić information content (AvgIpc) is 2.66. The monoisotopic (exact) mass is 374 g/mol. The van der Waals surface area contributed by atoms with Crippen LogP contribution in [0.5, 0.6) is 17.2 Å². The highest BCUT2D eigenvalue weighted by atomic mass is 19.1. The molecule has 2 rings (SSSR count). The Hall–Kier alpha value is -3.09. The largest absolute Gasteiger partial charge is 0.490 e. The lowest BCUT2D eigenvalue weighted by atomic mass is 10.1. The number of nitrogens with one attached hydrogen (secondary N) is 1. The third-order valence-electron chi connectivity index (χ3n) is 3.42. The summed E-state index contributed by atoms with van der Waals surface area (Å²) in [6, 6.07) is 8.92. The molecule has 0 saturated heterocycles. The molecule has 2 aromatic rings. The van der Waals surface area contributed by atoms with E-state index < -0.39 is 5.91 Å². The second-order valence-electron chi connectivity index (χ2n) is 5.35. The number of carbonyl (C=O) groups excluding carboxylic acids is 1. The van der Waals surface area contributed by atoms with Crippen LogP contribution in [0.3, 0.4) is 0 Å². The highest BCUT2D eigenvalue weighted by Gasteiger charge is 2.18. The van der Waals surface area contributed by atoms with Crippen molar-refractivity contribution in [2.24, 2.45) is 5.10 Å². The number of carbonyl (C=O) groups is 1. The Morgan fingerprint density at radius 1 is 1.00 bits per heavy atom. The Morgan fingerprint density at radius 3 is 2.07 bits per heavy atom. The lowest BCUT2D eigenvalue weighted by Crippen LogP contribution is -2.18. The van der Waals surface area contributed by atoms with E-state index in [2.05, 4.69) is 10.5 Å². The van der Waals surface area contributed by atoms with Crippen molar-refractivity contribution < 1.29 is 23.4 Å². The van der Waals surface area contributed by atoms with Crippen molar-refractivity contribution in [3.8, 4) is 17.2 Å². The maximum absolute atomic E-state index is 12.9. The standard InChI is InChI=1S/C20H23FN2O4/c1-4-25-17-11-15(12-18(26-5-2)19(17)27-6-3)20(24)23-22-13-14-7-9-16(21)10-8-14/h7-13H,4-6H2,1-3H3,(H,23,24)/b22-13+. The van der Waals surface area contributed by atoms with E-state index in [1.807, 2.05) is 20.8 Å². The predicted octanol–water partition coefficient (Wildman–Crippen LogP) is 3.79. The molecule has 0 heterocycles. The van der Waals surface area contributed by atoms with E-state index >= 15 is 0 Å². The minimum Gasteiger partial charge on any atom is -0.490 e. The summed E-state index contributed by atoms with van der Waals surface area (Å²) in [6.45, 7) is 6.81. The molecule has 27 heavy (non-hydrogen) atoms. The van der Waals surface area contributed by atoms with Gasteiger partial charge in [-0.05, 0) is 50.6 Å². The molecule has 0 bridgehead atoms. The minimum atomic E-state index is -0.432. The zero-order valence-electron chi connectivity index (χ0n) is 15.6. The normalized spacial score (nSPS) is 10.7. The second-order valence-corrected chi connectivity index (χ2v) is 5.35. The molecule has 1 N–H and O–H groups in total. The van der Waals surface area contributed by atoms with E-state index in [1.165, 1.54) is 18.3 Å². The molecular weight excluding hydrogens is 351 g/mol. The lowest BCUT2D eigenvalue weighted by molar-refractivity contribution is 0.0954. The molecule has 1 amide bonds. The Morgan fingerprint density at radius 2 is 1.56 bits per heavy atom. The summed E-state index contributed by atoms with van der Waals surface area (Å²) in [5.74, 6) is 0.555. The number of rotatable bonds is 9. The summed E-state index contributed by atoms with van der Waals surface area (Å²) < 4.78 is 29.7. The molecule has 0 fully saturated rings. The first-order chi connectivity index (χ1) is 13.1. The number of hydrazone groups is 1. The van der Waals surface area contributed by atoms with Gasteiger partial charge in [0.15, 0.2) is 11.5 Å². The van der Waals surface area contributed by atoms with Crippen LogP contribution in [0, 0.1) is 5.82 Å². The summed E-state index contributed by atoms with van der Waals surface area (Å²) >= 11 is 0. The minimum absolute atomic E-state index is 0.321. The number of benzene rings is 2.